The van der Waals surface area contributed by atoms with Crippen LogP contribution in [0.4, 0.5) is 0 Å². The maximum Gasteiger partial charge on any atom is 0.335 e. The number of carboxylic acids is 5. The van der Waals surface area contributed by atoms with Crippen molar-refractivity contribution in [1.82, 2.24) is 0 Å². The van der Waals surface area contributed by atoms with Crippen LogP contribution in [0.5, 0.6) is 0 Å². The molecule has 0 aromatic rings. The average Bonchev–Trinajstić information content (AvgIpc) is 0.776. The summed E-state index contributed by atoms with van der Waals surface area (Å²) < 4.78 is 86.9. The Morgan fingerprint density at radius 3 is 0.645 bits per heavy atom. The van der Waals surface area contributed by atoms with Crippen LogP contribution in [0.1, 0.15) is 32.1 Å². The number of rotatable bonds is 36. The van der Waals surface area contributed by atoms with Gasteiger partial charge in [-0.1, -0.05) is 0 Å². The number of aliphatic carboxylic acids is 5. The van der Waals surface area contributed by atoms with Gasteiger partial charge < -0.3 is 203 Å². The van der Waals surface area contributed by atoms with Crippen LogP contribution in [0.2, 0.25) is 0 Å². The van der Waals surface area contributed by atoms with Crippen molar-refractivity contribution in [2.24, 2.45) is 0 Å². The molecular weight excluding hydrogens is 1490 g/mol. The Morgan fingerprint density at radius 2 is 0.439 bits per heavy atom. The molecule has 51 nitrogen and oxygen atoms in total. The van der Waals surface area contributed by atoms with Gasteiger partial charge in [0, 0.05) is 0 Å². The van der Waals surface area contributed by atoms with Gasteiger partial charge in [0.2, 0.25) is 0 Å². The summed E-state index contributed by atoms with van der Waals surface area (Å²) in [5, 5.41) is 264. The normalized spacial score (nSPS) is 38.8. The van der Waals surface area contributed by atoms with E-state index >= 15 is 0 Å². The summed E-state index contributed by atoms with van der Waals surface area (Å²) in [6.45, 7) is -7.74. The molecule has 0 radical (unpaired) electrons. The Bertz CT molecular complexity index is 2980. The fourth-order valence-corrected chi connectivity index (χ4v) is 11.0. The Morgan fingerprint density at radius 1 is 0.252 bits per heavy atom. The number of carbonyl (C=O) groups excluding carboxylic acids is 5. The molecule has 6 rings (SSSR count). The highest BCUT2D eigenvalue weighted by Crippen LogP contribution is 2.38. The number of aliphatic hydroxyl groups excluding tert-OH is 20. The van der Waals surface area contributed by atoms with E-state index in [4.69, 9.17) is 86.0 Å². The number of carbonyl (C=O) groups is 10. The minimum atomic E-state index is -2.73. The third kappa shape index (κ3) is 23.5. The van der Waals surface area contributed by atoms with Crippen molar-refractivity contribution in [2.75, 3.05) is 39.6 Å². The predicted molar refractivity (Wildman–Crippen MR) is 310 cm³/mol. The number of esters is 5. The standard InChI is InChI=1S/C56H82O51/c57-6-17-28(73)29(74)36(81)52(98-17)104-42-19(8-93-47(87)13(59)2-24(65)66)100-54(38(83)31(42)76)106-44-21(10-95-49(89)15(61)4-26(69)70)102-56(40(85)33(44)78)107-45-22(11-96-50(90)16(62)5-27(71)72)101-55(39(84)34(45)79)105-43-20(9-94-48(88)14(60)3-25(67)68)99-53(37(82)32(43)77)103-41-18(97-51(91)35(80)30(41)75)7-92-46(86)12(58)1-23(63)64/h12-22,28-45,51-62,73-85,91H,1-11H2,(H,63,64)(H,65,66)(H,67,68)(H,69,70)(H,71,72)/t12-,13-,14-,15-,16-,17-,18-,19-,20-,21-,22-,28-,29+,30-,31-,32-,33-,34-,35-,36-,37-,38-,39-,40-,41-,42-,43-,44-,45-,51-,52-,53-,54-,55-,56-/m1/s1. The van der Waals surface area contributed by atoms with Crippen molar-refractivity contribution in [3.8, 4) is 0 Å². The third-order valence-corrected chi connectivity index (χ3v) is 16.7. The first-order valence-corrected chi connectivity index (χ1v) is 31.7. The minimum Gasteiger partial charge on any atom is -0.481 e. The average molecular weight is 1570 g/mol. The Hall–Kier alpha value is -6.54. The van der Waals surface area contributed by atoms with Crippen LogP contribution < -0.4 is 0 Å². The zero-order chi connectivity index (χ0) is 80.1. The zero-order valence-corrected chi connectivity index (χ0v) is 54.8. The molecule has 0 aromatic heterocycles. The van der Waals surface area contributed by atoms with Gasteiger partial charge in [-0.15, -0.1) is 0 Å². The van der Waals surface area contributed by atoms with Crippen molar-refractivity contribution < 1.29 is 251 Å². The van der Waals surface area contributed by atoms with Gasteiger partial charge in [-0.25, -0.2) is 24.0 Å². The number of ether oxygens (including phenoxy) is 16. The molecule has 0 spiro atoms. The highest BCUT2D eigenvalue weighted by molar-refractivity contribution is 5.83. The molecule has 0 saturated carbocycles. The van der Waals surface area contributed by atoms with Crippen LogP contribution in [0, 0.1) is 0 Å². The molecule has 107 heavy (non-hydrogen) atoms. The van der Waals surface area contributed by atoms with Crippen molar-refractivity contribution in [3.63, 3.8) is 0 Å². The Kier molecular flexibility index (Phi) is 33.3. The van der Waals surface area contributed by atoms with Crippen LogP contribution in [0.25, 0.3) is 0 Å². The van der Waals surface area contributed by atoms with Crippen molar-refractivity contribution in [1.29, 1.82) is 0 Å². The van der Waals surface area contributed by atoms with E-state index in [-0.39, 0.29) is 0 Å². The summed E-state index contributed by atoms with van der Waals surface area (Å²) >= 11 is 0. The van der Waals surface area contributed by atoms with Crippen LogP contribution in [0.15, 0.2) is 0 Å². The van der Waals surface area contributed by atoms with E-state index < -0.39 is 346 Å². The summed E-state index contributed by atoms with van der Waals surface area (Å²) in [7, 11) is 0. The Labute approximate surface area is 596 Å². The molecule has 51 heteroatoms. The van der Waals surface area contributed by atoms with E-state index in [0.29, 0.717) is 0 Å². The van der Waals surface area contributed by atoms with E-state index in [1.165, 1.54) is 0 Å². The lowest BCUT2D eigenvalue weighted by Crippen LogP contribution is -2.68. The van der Waals surface area contributed by atoms with Crippen LogP contribution in [-0.4, -0.2) is 442 Å². The van der Waals surface area contributed by atoms with E-state index in [1.807, 2.05) is 0 Å². The first-order valence-electron chi connectivity index (χ1n) is 31.7. The molecule has 0 aliphatic carbocycles. The molecule has 0 aromatic carbocycles. The van der Waals surface area contributed by atoms with Gasteiger partial charge in [0.25, 0.3) is 0 Å². The molecule has 6 aliphatic rings. The van der Waals surface area contributed by atoms with Crippen LogP contribution in [-0.2, 0) is 124 Å². The second-order valence-electron chi connectivity index (χ2n) is 24.6. The lowest BCUT2D eigenvalue weighted by atomic mass is 9.95. The topological polar surface area (TPSA) is 824 Å². The quantitative estimate of drug-likeness (QED) is 0.0205. The molecule has 0 amide bonds. The van der Waals surface area contributed by atoms with E-state index in [2.05, 4.69) is 0 Å². The number of hydrogen-bond donors (Lipinski definition) is 25. The fourth-order valence-electron chi connectivity index (χ4n) is 11.0. The van der Waals surface area contributed by atoms with Crippen molar-refractivity contribution >= 4 is 59.7 Å². The van der Waals surface area contributed by atoms with Gasteiger partial charge in [-0.3, -0.25) is 24.0 Å². The molecule has 6 saturated heterocycles. The molecule has 0 unspecified atom stereocenters. The maximum atomic E-state index is 13.0. The summed E-state index contributed by atoms with van der Waals surface area (Å²) in [5.41, 5.74) is 0. The van der Waals surface area contributed by atoms with Gasteiger partial charge in [0.15, 0.2) is 68.3 Å². The highest BCUT2D eigenvalue weighted by Gasteiger charge is 2.59. The predicted octanol–water partition coefficient (Wildman–Crippen LogP) is -17.2. The second-order valence-corrected chi connectivity index (χ2v) is 24.6. The van der Waals surface area contributed by atoms with Crippen LogP contribution >= 0.6 is 0 Å². The molecule has 0 bridgehead atoms. The molecule has 6 aliphatic heterocycles. The first-order chi connectivity index (χ1) is 50.1. The zero-order valence-electron chi connectivity index (χ0n) is 54.8. The largest absolute Gasteiger partial charge is 0.481 e. The molecule has 25 N–H and O–H groups in total. The fraction of sp³-hybridized carbons (Fsp3) is 0.821. The molecule has 35 atom stereocenters. The van der Waals surface area contributed by atoms with E-state index in [1.54, 1.807) is 0 Å². The van der Waals surface area contributed by atoms with E-state index in [9.17, 15) is 165 Å². The maximum absolute atomic E-state index is 13.0. The SMILES string of the molecule is O=C(O)C[C@@H](O)C(=O)OC[C@H]1O[C@@H](O)[C@H](O)[C@@H](O)[C@@H]1O[C@H]1O[C@H](COC(=O)[C@H](O)CC(=O)O)[C@@H](O[C@H]2O[C@H](COC(=O)[C@H](O)CC(=O)O)[C@@H](O[C@H]3O[C@H](COC(=O)[C@H](O)CC(=O)O)[C@@H](O[C@H]4O[C@H](COC(=O)[C@H](O)CC(=O)O)[C@@H](O[C@H]5O[C@H](CO)[C@@H](O)[C@H](O)[C@H]5O)[C@H](O)[C@H]4O)[C@H](O)[C@H]3O)[C@H](O)[C@H]2O)[C@H](O)[C@H]1O. The summed E-state index contributed by atoms with van der Waals surface area (Å²) in [6.07, 6.45) is -90.2. The first kappa shape index (κ1) is 89.4. The number of carboxylic acid groups (broad SMARTS) is 5. The summed E-state index contributed by atoms with van der Waals surface area (Å²) in [4.78, 5) is 121. The summed E-state index contributed by atoms with van der Waals surface area (Å²) in [6, 6.07) is 0. The minimum absolute atomic E-state index is 1.05. The van der Waals surface area contributed by atoms with Gasteiger partial charge >= 0.3 is 59.7 Å². The van der Waals surface area contributed by atoms with E-state index in [0.717, 1.165) is 0 Å². The van der Waals surface area contributed by atoms with Crippen LogP contribution in [0.3, 0.4) is 0 Å². The number of aliphatic hydroxyl groups is 20. The lowest BCUT2D eigenvalue weighted by Gasteiger charge is -2.50. The second kappa shape index (κ2) is 39.9. The highest BCUT2D eigenvalue weighted by atomic mass is 16.8. The molecular formula is C56H82O51. The van der Waals surface area contributed by atoms with Crippen molar-refractivity contribution in [3.05, 3.63) is 0 Å². The molecule has 612 valence electrons. The van der Waals surface area contributed by atoms with Gasteiger partial charge in [-0.05, 0) is 0 Å². The monoisotopic (exact) mass is 1570 g/mol. The van der Waals surface area contributed by atoms with Gasteiger partial charge in [0.05, 0.1) is 38.7 Å². The van der Waals surface area contributed by atoms with Crippen molar-refractivity contribution in [2.45, 2.75) is 247 Å². The lowest BCUT2D eigenvalue weighted by molar-refractivity contribution is -0.396. The van der Waals surface area contributed by atoms with Gasteiger partial charge in [0.1, 0.15) is 180 Å². The van der Waals surface area contributed by atoms with Gasteiger partial charge in [-0.2, -0.15) is 0 Å². The molecule has 6 fully saturated rings. The smallest absolute Gasteiger partial charge is 0.335 e. The number of hydrogen-bond acceptors (Lipinski definition) is 46. The molecule has 6 heterocycles. The Balaban J connectivity index is 1.32. The summed E-state index contributed by atoms with van der Waals surface area (Å²) in [5.74, 6) is -17.4. The third-order valence-electron chi connectivity index (χ3n) is 16.7.